The van der Waals surface area contributed by atoms with Gasteiger partial charge in [-0.15, -0.1) is 0 Å². The molecule has 1 aromatic carbocycles. The van der Waals surface area contributed by atoms with Gasteiger partial charge in [0.1, 0.15) is 11.4 Å². The molecule has 0 aliphatic carbocycles. The standard InChI is InChI=1S/C19H27FN4O2/c1-19(2,3)26-18(25)22-7-4-8-23-9-11-24(12-10-23)17-6-5-15(14-21)13-16(17)20/h5-6,13H,4,7-12H2,1-3H3,(H,22,25). The zero-order chi connectivity index (χ0) is 19.2. The van der Waals surface area contributed by atoms with Crippen LogP contribution in [-0.4, -0.2) is 55.9 Å². The summed E-state index contributed by atoms with van der Waals surface area (Å²) in [7, 11) is 0. The topological polar surface area (TPSA) is 68.6 Å². The normalized spacial score (nSPS) is 15.4. The van der Waals surface area contributed by atoms with E-state index in [1.807, 2.05) is 31.7 Å². The second-order valence-corrected chi connectivity index (χ2v) is 7.39. The van der Waals surface area contributed by atoms with Crippen LogP contribution >= 0.6 is 0 Å². The number of ether oxygens (including phenoxy) is 1. The van der Waals surface area contributed by atoms with Crippen LogP contribution in [0.4, 0.5) is 14.9 Å². The lowest BCUT2D eigenvalue weighted by molar-refractivity contribution is 0.0525. The molecule has 1 heterocycles. The molecule has 142 valence electrons. The fourth-order valence-corrected chi connectivity index (χ4v) is 2.85. The van der Waals surface area contributed by atoms with Gasteiger partial charge in [-0.2, -0.15) is 5.26 Å². The summed E-state index contributed by atoms with van der Waals surface area (Å²) in [4.78, 5) is 15.9. The lowest BCUT2D eigenvalue weighted by Crippen LogP contribution is -2.47. The van der Waals surface area contributed by atoms with Crippen LogP contribution < -0.4 is 10.2 Å². The lowest BCUT2D eigenvalue weighted by atomic mass is 10.2. The summed E-state index contributed by atoms with van der Waals surface area (Å²) in [6.45, 7) is 10.1. The monoisotopic (exact) mass is 362 g/mol. The van der Waals surface area contributed by atoms with Gasteiger partial charge in [-0.05, 0) is 51.9 Å². The van der Waals surface area contributed by atoms with Crippen LogP contribution in [-0.2, 0) is 4.74 Å². The Bertz CT molecular complexity index is 658. The minimum atomic E-state index is -0.485. The van der Waals surface area contributed by atoms with E-state index < -0.39 is 11.7 Å². The minimum absolute atomic E-state index is 0.336. The number of hydrogen-bond acceptors (Lipinski definition) is 5. The number of carbonyl (C=O) groups is 1. The molecule has 1 saturated heterocycles. The molecule has 0 radical (unpaired) electrons. The van der Waals surface area contributed by atoms with Crippen molar-refractivity contribution in [3.8, 4) is 6.07 Å². The van der Waals surface area contributed by atoms with Crippen LogP contribution in [0, 0.1) is 17.1 Å². The highest BCUT2D eigenvalue weighted by molar-refractivity contribution is 5.67. The van der Waals surface area contributed by atoms with Gasteiger partial charge in [-0.1, -0.05) is 0 Å². The average Bonchev–Trinajstić information content (AvgIpc) is 2.58. The molecule has 0 aromatic heterocycles. The molecule has 1 aromatic rings. The van der Waals surface area contributed by atoms with Gasteiger partial charge in [0.25, 0.3) is 0 Å². The molecule has 0 atom stereocenters. The number of nitrogens with zero attached hydrogens (tertiary/aromatic N) is 3. The summed E-state index contributed by atoms with van der Waals surface area (Å²) in [6.07, 6.45) is 0.448. The third kappa shape index (κ3) is 6.19. The van der Waals surface area contributed by atoms with E-state index in [9.17, 15) is 9.18 Å². The van der Waals surface area contributed by atoms with E-state index in [2.05, 4.69) is 10.2 Å². The predicted molar refractivity (Wildman–Crippen MR) is 98.6 cm³/mol. The Hall–Kier alpha value is -2.33. The quantitative estimate of drug-likeness (QED) is 0.816. The van der Waals surface area contributed by atoms with Crippen LogP contribution in [0.1, 0.15) is 32.8 Å². The Balaban J connectivity index is 1.69. The fraction of sp³-hybridized carbons (Fsp3) is 0.579. The summed E-state index contributed by atoms with van der Waals surface area (Å²) in [5.74, 6) is -0.348. The van der Waals surface area contributed by atoms with Crippen LogP contribution in [0.25, 0.3) is 0 Å². The Morgan fingerprint density at radius 3 is 2.58 bits per heavy atom. The maximum Gasteiger partial charge on any atom is 0.407 e. The molecule has 0 saturated carbocycles. The second kappa shape index (κ2) is 8.86. The van der Waals surface area contributed by atoms with E-state index in [1.165, 1.54) is 6.07 Å². The van der Waals surface area contributed by atoms with Crippen LogP contribution in [0.2, 0.25) is 0 Å². The molecular weight excluding hydrogens is 335 g/mol. The third-order valence-corrected chi connectivity index (χ3v) is 4.11. The SMILES string of the molecule is CC(C)(C)OC(=O)NCCCN1CCN(c2ccc(C#N)cc2F)CC1. The van der Waals surface area contributed by atoms with Gasteiger partial charge in [-0.3, -0.25) is 4.90 Å². The first kappa shape index (κ1) is 20.0. The maximum atomic E-state index is 14.1. The van der Waals surface area contributed by atoms with E-state index in [0.717, 1.165) is 39.1 Å². The predicted octanol–water partition coefficient (Wildman–Crippen LogP) is 2.73. The first-order chi connectivity index (χ1) is 12.3. The number of piperazine rings is 1. The Morgan fingerprint density at radius 2 is 2.00 bits per heavy atom. The number of rotatable bonds is 5. The molecule has 1 aliphatic rings. The Kier molecular flexibility index (Phi) is 6.81. The molecule has 1 N–H and O–H groups in total. The summed E-state index contributed by atoms with van der Waals surface area (Å²) in [6, 6.07) is 6.55. The zero-order valence-electron chi connectivity index (χ0n) is 15.7. The van der Waals surface area contributed by atoms with Crippen molar-refractivity contribution < 1.29 is 13.9 Å². The van der Waals surface area contributed by atoms with Crippen molar-refractivity contribution in [3.63, 3.8) is 0 Å². The fourth-order valence-electron chi connectivity index (χ4n) is 2.85. The van der Waals surface area contributed by atoms with Crippen molar-refractivity contribution in [1.29, 1.82) is 5.26 Å². The molecule has 2 rings (SSSR count). The van der Waals surface area contributed by atoms with E-state index in [1.54, 1.807) is 12.1 Å². The number of benzene rings is 1. The highest BCUT2D eigenvalue weighted by atomic mass is 19.1. The van der Waals surface area contributed by atoms with Gasteiger partial charge >= 0.3 is 6.09 Å². The van der Waals surface area contributed by atoms with E-state index in [0.29, 0.717) is 17.8 Å². The molecule has 26 heavy (non-hydrogen) atoms. The smallest absolute Gasteiger partial charge is 0.407 e. The number of nitriles is 1. The van der Waals surface area contributed by atoms with E-state index in [4.69, 9.17) is 10.00 Å². The molecule has 1 aliphatic heterocycles. The molecule has 0 spiro atoms. The molecular formula is C19H27FN4O2. The molecule has 7 heteroatoms. The average molecular weight is 362 g/mol. The molecule has 0 bridgehead atoms. The first-order valence-corrected chi connectivity index (χ1v) is 8.92. The number of halogens is 1. The van der Waals surface area contributed by atoms with E-state index in [-0.39, 0.29) is 5.82 Å². The molecule has 1 amide bonds. The van der Waals surface area contributed by atoms with Crippen molar-refractivity contribution in [2.45, 2.75) is 32.8 Å². The number of carbonyl (C=O) groups excluding carboxylic acids is 1. The van der Waals surface area contributed by atoms with Gasteiger partial charge < -0.3 is 15.0 Å². The number of anilines is 1. The lowest BCUT2D eigenvalue weighted by Gasteiger charge is -2.36. The summed E-state index contributed by atoms with van der Waals surface area (Å²) in [5, 5.41) is 11.6. The van der Waals surface area contributed by atoms with Crippen molar-refractivity contribution in [1.82, 2.24) is 10.2 Å². The van der Waals surface area contributed by atoms with Crippen molar-refractivity contribution in [2.75, 3.05) is 44.2 Å². The Labute approximate surface area is 154 Å². The Morgan fingerprint density at radius 1 is 1.31 bits per heavy atom. The van der Waals surface area contributed by atoms with Crippen LogP contribution in [0.3, 0.4) is 0 Å². The molecule has 0 unspecified atom stereocenters. The molecule has 1 fully saturated rings. The highest BCUT2D eigenvalue weighted by Crippen LogP contribution is 2.21. The summed E-state index contributed by atoms with van der Waals surface area (Å²) >= 11 is 0. The number of amides is 1. The minimum Gasteiger partial charge on any atom is -0.444 e. The van der Waals surface area contributed by atoms with Crippen molar-refractivity contribution in [2.24, 2.45) is 0 Å². The van der Waals surface area contributed by atoms with Gasteiger partial charge in [0.2, 0.25) is 0 Å². The number of alkyl carbamates (subject to hydrolysis) is 1. The van der Waals surface area contributed by atoms with E-state index >= 15 is 0 Å². The molecule has 6 nitrogen and oxygen atoms in total. The maximum absolute atomic E-state index is 14.1. The summed E-state index contributed by atoms with van der Waals surface area (Å²) in [5.41, 5.74) is 0.402. The number of hydrogen-bond donors (Lipinski definition) is 1. The first-order valence-electron chi connectivity index (χ1n) is 8.92. The van der Waals surface area contributed by atoms with Gasteiger partial charge in [0.15, 0.2) is 0 Å². The zero-order valence-corrected chi connectivity index (χ0v) is 15.7. The second-order valence-electron chi connectivity index (χ2n) is 7.39. The number of nitrogens with one attached hydrogen (secondary N) is 1. The summed E-state index contributed by atoms with van der Waals surface area (Å²) < 4.78 is 19.3. The van der Waals surface area contributed by atoms with Crippen molar-refractivity contribution >= 4 is 11.8 Å². The van der Waals surface area contributed by atoms with Gasteiger partial charge in [-0.25, -0.2) is 9.18 Å². The highest BCUT2D eigenvalue weighted by Gasteiger charge is 2.20. The largest absolute Gasteiger partial charge is 0.444 e. The van der Waals surface area contributed by atoms with Crippen molar-refractivity contribution in [3.05, 3.63) is 29.6 Å². The van der Waals surface area contributed by atoms with Gasteiger partial charge in [0.05, 0.1) is 17.3 Å². The third-order valence-electron chi connectivity index (χ3n) is 4.11. The van der Waals surface area contributed by atoms with Gasteiger partial charge in [0, 0.05) is 32.7 Å². The van der Waals surface area contributed by atoms with Crippen LogP contribution in [0.5, 0.6) is 0 Å². The van der Waals surface area contributed by atoms with Crippen LogP contribution in [0.15, 0.2) is 18.2 Å².